The molecule has 2 fully saturated rings. The lowest BCUT2D eigenvalue weighted by atomic mass is 9.85. The molecule has 1 aromatic heterocycles. The number of carbonyl (C=O) groups is 2. The molecule has 4 nitrogen and oxygen atoms in total. The lowest BCUT2D eigenvalue weighted by Crippen LogP contribution is -2.47. The molecule has 1 N–H and O–H groups in total. The predicted octanol–water partition coefficient (Wildman–Crippen LogP) is 3.30. The van der Waals surface area contributed by atoms with Gasteiger partial charge in [0.2, 0.25) is 5.91 Å². The Morgan fingerprint density at radius 3 is 2.57 bits per heavy atom. The van der Waals surface area contributed by atoms with Crippen molar-refractivity contribution < 1.29 is 9.59 Å². The summed E-state index contributed by atoms with van der Waals surface area (Å²) in [5, 5.41) is 7.09. The van der Waals surface area contributed by atoms with Crippen LogP contribution < -0.4 is 5.32 Å². The summed E-state index contributed by atoms with van der Waals surface area (Å²) in [5.74, 6) is 0.959. The Morgan fingerprint density at radius 2 is 1.91 bits per heavy atom. The highest BCUT2D eigenvalue weighted by molar-refractivity contribution is 7.08. The van der Waals surface area contributed by atoms with Crippen molar-refractivity contribution in [1.82, 2.24) is 10.2 Å². The highest BCUT2D eigenvalue weighted by atomic mass is 32.1. The third kappa shape index (κ3) is 3.94. The molecule has 0 bridgehead atoms. The number of likely N-dealkylation sites (tertiary alicyclic amines) is 1. The molecule has 0 spiro atoms. The summed E-state index contributed by atoms with van der Waals surface area (Å²) in [6.45, 7) is 3.62. The lowest BCUT2D eigenvalue weighted by molar-refractivity contribution is -0.127. The van der Waals surface area contributed by atoms with E-state index in [-0.39, 0.29) is 17.7 Å². The number of amides is 2. The largest absolute Gasteiger partial charge is 0.353 e. The summed E-state index contributed by atoms with van der Waals surface area (Å²) in [6.07, 6.45) is 6.41. The maximum absolute atomic E-state index is 12.5. The molecule has 2 heterocycles. The van der Waals surface area contributed by atoms with Crippen LogP contribution in [0.4, 0.5) is 0 Å². The Bertz CT molecular complexity index is 535. The van der Waals surface area contributed by atoms with E-state index in [1.54, 1.807) is 11.3 Å². The molecule has 1 aromatic rings. The van der Waals surface area contributed by atoms with E-state index < -0.39 is 0 Å². The number of piperidine rings is 1. The van der Waals surface area contributed by atoms with E-state index in [0.717, 1.165) is 24.8 Å². The van der Waals surface area contributed by atoms with Crippen LogP contribution in [-0.2, 0) is 4.79 Å². The van der Waals surface area contributed by atoms with Crippen molar-refractivity contribution in [2.24, 2.45) is 11.8 Å². The van der Waals surface area contributed by atoms with Crippen molar-refractivity contribution >= 4 is 23.2 Å². The van der Waals surface area contributed by atoms with Gasteiger partial charge in [-0.2, -0.15) is 11.3 Å². The highest BCUT2D eigenvalue weighted by Gasteiger charge is 2.30. The fraction of sp³-hybridized carbons (Fsp3) is 0.667. The molecular weight excluding hydrogens is 308 g/mol. The standard InChI is InChI=1S/C18H26N2O2S/c1-13-4-2-3-5-16(13)19-17(21)14-6-9-20(10-7-14)18(22)15-8-11-23-12-15/h8,11-14,16H,2-7,9-10H2,1H3,(H,19,21). The van der Waals surface area contributed by atoms with Crippen molar-refractivity contribution in [3.63, 3.8) is 0 Å². The number of nitrogens with zero attached hydrogens (tertiary/aromatic N) is 1. The summed E-state index contributed by atoms with van der Waals surface area (Å²) >= 11 is 1.55. The monoisotopic (exact) mass is 334 g/mol. The van der Waals surface area contributed by atoms with Crippen LogP contribution in [0.25, 0.3) is 0 Å². The van der Waals surface area contributed by atoms with Gasteiger partial charge in [-0.15, -0.1) is 0 Å². The van der Waals surface area contributed by atoms with Crippen molar-refractivity contribution in [3.8, 4) is 0 Å². The second kappa shape index (κ2) is 7.47. The normalized spacial score (nSPS) is 26.0. The fourth-order valence-corrected chi connectivity index (χ4v) is 4.37. The van der Waals surface area contributed by atoms with Gasteiger partial charge in [-0.1, -0.05) is 19.8 Å². The number of hydrogen-bond donors (Lipinski definition) is 1. The molecule has 0 radical (unpaired) electrons. The van der Waals surface area contributed by atoms with Crippen LogP contribution in [0.1, 0.15) is 55.8 Å². The average Bonchev–Trinajstić information content (AvgIpc) is 3.11. The van der Waals surface area contributed by atoms with E-state index in [2.05, 4.69) is 12.2 Å². The van der Waals surface area contributed by atoms with E-state index in [4.69, 9.17) is 0 Å². The summed E-state index contributed by atoms with van der Waals surface area (Å²) in [7, 11) is 0. The van der Waals surface area contributed by atoms with Crippen LogP contribution in [0.5, 0.6) is 0 Å². The number of carbonyl (C=O) groups excluding carboxylic acids is 2. The van der Waals surface area contributed by atoms with Crippen molar-refractivity contribution in [1.29, 1.82) is 0 Å². The zero-order chi connectivity index (χ0) is 16.2. The lowest BCUT2D eigenvalue weighted by Gasteiger charge is -2.34. The number of hydrogen-bond acceptors (Lipinski definition) is 3. The first-order valence-electron chi connectivity index (χ1n) is 8.77. The SMILES string of the molecule is CC1CCCCC1NC(=O)C1CCN(C(=O)c2ccsc2)CC1. The van der Waals surface area contributed by atoms with Gasteiger partial charge in [0.15, 0.2) is 0 Å². The predicted molar refractivity (Wildman–Crippen MR) is 92.5 cm³/mol. The molecule has 3 rings (SSSR count). The van der Waals surface area contributed by atoms with E-state index >= 15 is 0 Å². The maximum Gasteiger partial charge on any atom is 0.254 e. The smallest absolute Gasteiger partial charge is 0.254 e. The summed E-state index contributed by atoms with van der Waals surface area (Å²) in [5.41, 5.74) is 0.772. The second-order valence-corrected chi connectivity index (χ2v) is 7.74. The van der Waals surface area contributed by atoms with Gasteiger partial charge in [0, 0.05) is 30.4 Å². The van der Waals surface area contributed by atoms with Crippen LogP contribution in [0.3, 0.4) is 0 Å². The van der Waals surface area contributed by atoms with Gasteiger partial charge in [0.1, 0.15) is 0 Å². The molecule has 23 heavy (non-hydrogen) atoms. The Kier molecular flexibility index (Phi) is 5.36. The molecule has 126 valence electrons. The molecule has 0 aromatic carbocycles. The van der Waals surface area contributed by atoms with Gasteiger partial charge in [-0.25, -0.2) is 0 Å². The Labute approximate surface area is 142 Å². The molecular formula is C18H26N2O2S. The molecule has 1 saturated heterocycles. The minimum Gasteiger partial charge on any atom is -0.353 e. The van der Waals surface area contributed by atoms with Crippen molar-refractivity contribution in [3.05, 3.63) is 22.4 Å². The number of thiophene rings is 1. The van der Waals surface area contributed by atoms with Crippen molar-refractivity contribution in [2.45, 2.75) is 51.5 Å². The van der Waals surface area contributed by atoms with E-state index in [9.17, 15) is 9.59 Å². The molecule has 1 saturated carbocycles. The highest BCUT2D eigenvalue weighted by Crippen LogP contribution is 2.25. The quantitative estimate of drug-likeness (QED) is 0.922. The Balaban J connectivity index is 1.48. The minimum atomic E-state index is 0.0654. The van der Waals surface area contributed by atoms with Crippen LogP contribution in [0.2, 0.25) is 0 Å². The zero-order valence-electron chi connectivity index (χ0n) is 13.8. The van der Waals surface area contributed by atoms with Gasteiger partial charge < -0.3 is 10.2 Å². The number of rotatable bonds is 3. The van der Waals surface area contributed by atoms with Crippen LogP contribution in [-0.4, -0.2) is 35.8 Å². The van der Waals surface area contributed by atoms with Gasteiger partial charge in [-0.05, 0) is 43.0 Å². The van der Waals surface area contributed by atoms with E-state index in [0.29, 0.717) is 25.0 Å². The third-order valence-corrected chi connectivity index (χ3v) is 6.04. The number of nitrogens with one attached hydrogen (secondary N) is 1. The summed E-state index contributed by atoms with van der Waals surface area (Å²) < 4.78 is 0. The molecule has 1 aliphatic heterocycles. The van der Waals surface area contributed by atoms with Crippen LogP contribution >= 0.6 is 11.3 Å². The molecule has 2 amide bonds. The van der Waals surface area contributed by atoms with E-state index in [1.165, 1.54) is 19.3 Å². The first kappa shape index (κ1) is 16.5. The van der Waals surface area contributed by atoms with Gasteiger partial charge in [-0.3, -0.25) is 9.59 Å². The first-order chi connectivity index (χ1) is 11.1. The fourth-order valence-electron chi connectivity index (χ4n) is 3.74. The summed E-state index contributed by atoms with van der Waals surface area (Å²) in [6, 6.07) is 2.22. The maximum atomic E-state index is 12.5. The second-order valence-electron chi connectivity index (χ2n) is 6.96. The first-order valence-corrected chi connectivity index (χ1v) is 9.71. The zero-order valence-corrected chi connectivity index (χ0v) is 14.6. The van der Waals surface area contributed by atoms with E-state index in [1.807, 2.05) is 21.7 Å². The van der Waals surface area contributed by atoms with Gasteiger partial charge in [0.25, 0.3) is 5.91 Å². The minimum absolute atomic E-state index is 0.0654. The Hall–Kier alpha value is -1.36. The molecule has 2 unspecified atom stereocenters. The molecule has 2 atom stereocenters. The Morgan fingerprint density at radius 1 is 1.17 bits per heavy atom. The van der Waals surface area contributed by atoms with Gasteiger partial charge in [0.05, 0.1) is 5.56 Å². The van der Waals surface area contributed by atoms with Gasteiger partial charge >= 0.3 is 0 Å². The average molecular weight is 334 g/mol. The van der Waals surface area contributed by atoms with Crippen LogP contribution in [0.15, 0.2) is 16.8 Å². The summed E-state index contributed by atoms with van der Waals surface area (Å²) in [4.78, 5) is 26.7. The molecule has 2 aliphatic rings. The molecule has 5 heteroatoms. The topological polar surface area (TPSA) is 49.4 Å². The molecule has 1 aliphatic carbocycles. The van der Waals surface area contributed by atoms with Crippen molar-refractivity contribution in [2.75, 3.05) is 13.1 Å². The third-order valence-electron chi connectivity index (χ3n) is 5.36. The van der Waals surface area contributed by atoms with Crippen LogP contribution in [0, 0.1) is 11.8 Å².